The summed E-state index contributed by atoms with van der Waals surface area (Å²) >= 11 is 12.5. The molecule has 41 heavy (non-hydrogen) atoms. The first-order valence-corrected chi connectivity index (χ1v) is 15.0. The number of nitriles is 1. The van der Waals surface area contributed by atoms with Gasteiger partial charge in [0.25, 0.3) is 15.9 Å². The Balaban J connectivity index is 1.64. The van der Waals surface area contributed by atoms with Gasteiger partial charge in [-0.05, 0) is 55.7 Å². The fourth-order valence-electron chi connectivity index (χ4n) is 5.42. The van der Waals surface area contributed by atoms with Gasteiger partial charge in [0.1, 0.15) is 11.6 Å². The van der Waals surface area contributed by atoms with Crippen LogP contribution in [-0.2, 0) is 31.6 Å². The number of carbonyl (C=O) groups is 2. The zero-order valence-corrected chi connectivity index (χ0v) is 24.2. The lowest BCUT2D eigenvalue weighted by Crippen LogP contribution is -2.48. The summed E-state index contributed by atoms with van der Waals surface area (Å²) in [4.78, 5) is 32.7. The summed E-state index contributed by atoms with van der Waals surface area (Å²) in [6, 6.07) is 12.3. The summed E-state index contributed by atoms with van der Waals surface area (Å²) in [7, 11) is -4.32. The number of imidazole rings is 1. The molecule has 2 aliphatic rings. The van der Waals surface area contributed by atoms with E-state index in [2.05, 4.69) is 16.4 Å². The first kappa shape index (κ1) is 29.0. The Morgan fingerprint density at radius 1 is 1.22 bits per heavy atom. The number of halogens is 2. The number of nitrogens with one attached hydrogen (secondary N) is 1. The molecule has 0 saturated carbocycles. The Morgan fingerprint density at radius 3 is 2.54 bits per heavy atom. The van der Waals surface area contributed by atoms with Crippen LogP contribution in [0, 0.1) is 11.3 Å². The van der Waals surface area contributed by atoms with Crippen molar-refractivity contribution in [3.05, 3.63) is 69.8 Å². The molecular formula is C27H26Cl2N6O5S. The Hall–Kier alpha value is -3.47. The zero-order chi connectivity index (χ0) is 29.5. The molecule has 1 fully saturated rings. The van der Waals surface area contributed by atoms with Gasteiger partial charge in [-0.2, -0.15) is 9.57 Å². The fourth-order valence-corrected chi connectivity index (χ4v) is 7.78. The molecular weight excluding hydrogens is 591 g/mol. The molecule has 0 bridgehead atoms. The Morgan fingerprint density at radius 2 is 1.90 bits per heavy atom. The molecule has 0 unspecified atom stereocenters. The van der Waals surface area contributed by atoms with Crippen LogP contribution in [0.15, 0.2) is 53.7 Å². The maximum Gasteiger partial charge on any atom is 0.261 e. The van der Waals surface area contributed by atoms with Crippen LogP contribution in [-0.4, -0.2) is 64.9 Å². The van der Waals surface area contributed by atoms with Gasteiger partial charge in [0.2, 0.25) is 11.9 Å². The maximum atomic E-state index is 14.2. The van der Waals surface area contributed by atoms with Gasteiger partial charge in [0.05, 0.1) is 30.1 Å². The average Bonchev–Trinajstić information content (AvgIpc) is 3.65. The molecule has 2 atom stereocenters. The quantitative estimate of drug-likeness (QED) is 0.395. The molecule has 2 amide bonds. The molecule has 11 nitrogen and oxygen atoms in total. The van der Waals surface area contributed by atoms with E-state index in [0.29, 0.717) is 29.7 Å². The number of carbonyl (C=O) groups excluding carboxylic acids is 2. The number of hydrogen-bond acceptors (Lipinski definition) is 7. The number of rotatable bonds is 8. The van der Waals surface area contributed by atoms with Crippen LogP contribution in [0.2, 0.25) is 10.0 Å². The average molecular weight is 618 g/mol. The summed E-state index contributed by atoms with van der Waals surface area (Å²) in [6.07, 6.45) is 2.04. The lowest BCUT2D eigenvalue weighted by molar-refractivity contribution is -0.125. The zero-order valence-electron chi connectivity index (χ0n) is 21.9. The lowest BCUT2D eigenvalue weighted by atomic mass is 9.91. The van der Waals surface area contributed by atoms with Crippen molar-refractivity contribution in [2.24, 2.45) is 0 Å². The highest BCUT2D eigenvalue weighted by atomic mass is 35.5. The second-order valence-corrected chi connectivity index (χ2v) is 12.8. The van der Waals surface area contributed by atoms with Gasteiger partial charge >= 0.3 is 0 Å². The minimum atomic E-state index is -4.32. The van der Waals surface area contributed by atoms with E-state index < -0.39 is 33.4 Å². The van der Waals surface area contributed by atoms with E-state index in [4.69, 9.17) is 28.3 Å². The van der Waals surface area contributed by atoms with Gasteiger partial charge in [0.15, 0.2) is 5.03 Å². The normalized spacial score (nSPS) is 20.7. The number of anilines is 2. The van der Waals surface area contributed by atoms with Crippen molar-refractivity contribution in [1.29, 1.82) is 5.26 Å². The van der Waals surface area contributed by atoms with E-state index in [-0.39, 0.29) is 47.1 Å². The van der Waals surface area contributed by atoms with Crippen LogP contribution in [0.3, 0.4) is 0 Å². The minimum absolute atomic E-state index is 0.000376. The molecule has 1 aromatic heterocycles. The number of sulfonamides is 1. The van der Waals surface area contributed by atoms with Crippen molar-refractivity contribution in [3.8, 4) is 6.07 Å². The number of benzene rings is 2. The van der Waals surface area contributed by atoms with Crippen molar-refractivity contribution in [2.45, 2.75) is 42.8 Å². The number of aliphatic hydroxyl groups is 1. The third-order valence-electron chi connectivity index (χ3n) is 7.30. The van der Waals surface area contributed by atoms with Crippen LogP contribution in [0.25, 0.3) is 0 Å². The van der Waals surface area contributed by atoms with E-state index in [1.54, 1.807) is 31.2 Å². The van der Waals surface area contributed by atoms with E-state index in [0.717, 1.165) is 4.31 Å². The molecule has 3 aromatic rings. The Bertz CT molecular complexity index is 1650. The molecule has 0 radical (unpaired) electrons. The van der Waals surface area contributed by atoms with Crippen molar-refractivity contribution >= 4 is 56.7 Å². The fraction of sp³-hybridized carbons (Fsp3) is 0.333. The monoisotopic (exact) mass is 616 g/mol. The van der Waals surface area contributed by atoms with Crippen LogP contribution in [0.1, 0.15) is 30.9 Å². The Kier molecular flexibility index (Phi) is 7.84. The van der Waals surface area contributed by atoms with Crippen LogP contribution < -0.4 is 10.2 Å². The topological polar surface area (TPSA) is 149 Å². The molecule has 5 rings (SSSR count). The summed E-state index contributed by atoms with van der Waals surface area (Å²) in [5.41, 5.74) is -0.0190. The van der Waals surface area contributed by atoms with Gasteiger partial charge in [-0.25, -0.2) is 18.3 Å². The molecule has 3 heterocycles. The second kappa shape index (κ2) is 11.1. The van der Waals surface area contributed by atoms with Crippen LogP contribution in [0.5, 0.6) is 0 Å². The molecule has 0 spiro atoms. The molecule has 2 aliphatic heterocycles. The maximum absolute atomic E-state index is 14.2. The number of amides is 2. The molecule has 1 saturated heterocycles. The van der Waals surface area contributed by atoms with Gasteiger partial charge in [-0.15, -0.1) is 0 Å². The second-order valence-electron chi connectivity index (χ2n) is 10.0. The molecule has 0 aliphatic carbocycles. The number of fused-ring (bicyclic) bond motifs is 1. The van der Waals surface area contributed by atoms with Gasteiger partial charge in [-0.3, -0.25) is 14.2 Å². The van der Waals surface area contributed by atoms with Crippen LogP contribution in [0.4, 0.5) is 11.6 Å². The third-order valence-corrected chi connectivity index (χ3v) is 9.60. The highest BCUT2D eigenvalue weighted by Gasteiger charge is 2.53. The molecule has 214 valence electrons. The smallest absolute Gasteiger partial charge is 0.261 e. The number of aromatic nitrogens is 2. The van der Waals surface area contributed by atoms with E-state index in [9.17, 15) is 23.3 Å². The lowest BCUT2D eigenvalue weighted by Gasteiger charge is -2.29. The summed E-state index contributed by atoms with van der Waals surface area (Å²) < 4.78 is 30.8. The standard InChI is InChI=1S/C27H26Cl2N6O5S/c1-27(14-17-4-6-18(15-30)7-5-17)25(38)34(21-12-19(28)11-20(29)13-21)26-32-16-23(35(26)27)41(39,40)33-9-2-3-22(33)24(37)31-8-10-36/h4-7,11-13,16,22,36H,2-3,8-10,14H2,1H3,(H,31,37)/t22-,27+/m0/s1. The summed E-state index contributed by atoms with van der Waals surface area (Å²) in [5, 5.41) is 21.2. The SMILES string of the molecule is C[C@@]1(Cc2ccc(C#N)cc2)C(=O)N(c2cc(Cl)cc(Cl)c2)c2ncc(S(=O)(=O)N3CCC[C@H]3C(=O)NCCO)n21. The molecule has 14 heteroatoms. The van der Waals surface area contributed by atoms with Gasteiger partial charge < -0.3 is 10.4 Å². The van der Waals surface area contributed by atoms with E-state index in [1.165, 1.54) is 33.9 Å². The van der Waals surface area contributed by atoms with Crippen molar-refractivity contribution < 1.29 is 23.1 Å². The molecule has 2 aromatic carbocycles. The third kappa shape index (κ3) is 5.09. The minimum Gasteiger partial charge on any atom is -0.395 e. The van der Waals surface area contributed by atoms with Gasteiger partial charge in [-0.1, -0.05) is 35.3 Å². The van der Waals surface area contributed by atoms with E-state index in [1.807, 2.05) is 0 Å². The predicted octanol–water partition coefficient (Wildman–Crippen LogP) is 2.96. The highest BCUT2D eigenvalue weighted by molar-refractivity contribution is 7.89. The number of aliphatic hydroxyl groups excluding tert-OH is 1. The van der Waals surface area contributed by atoms with E-state index >= 15 is 0 Å². The van der Waals surface area contributed by atoms with Crippen molar-refractivity contribution in [3.63, 3.8) is 0 Å². The number of hydrogen-bond donors (Lipinski definition) is 2. The largest absolute Gasteiger partial charge is 0.395 e. The predicted molar refractivity (Wildman–Crippen MR) is 151 cm³/mol. The number of nitrogens with zero attached hydrogens (tertiary/aromatic N) is 5. The molecule has 2 N–H and O–H groups in total. The summed E-state index contributed by atoms with van der Waals surface area (Å²) in [5.74, 6) is -0.908. The van der Waals surface area contributed by atoms with Crippen LogP contribution >= 0.6 is 23.2 Å². The first-order valence-electron chi connectivity index (χ1n) is 12.8. The summed E-state index contributed by atoms with van der Waals surface area (Å²) in [6.45, 7) is 1.45. The van der Waals surface area contributed by atoms with Crippen molar-refractivity contribution in [2.75, 3.05) is 24.6 Å². The van der Waals surface area contributed by atoms with Crippen molar-refractivity contribution in [1.82, 2.24) is 19.2 Å². The first-order chi connectivity index (χ1) is 19.5. The highest BCUT2D eigenvalue weighted by Crippen LogP contribution is 2.45. The Labute approximate surface area is 246 Å². The van der Waals surface area contributed by atoms with Gasteiger partial charge in [0, 0.05) is 29.6 Å².